The van der Waals surface area contributed by atoms with Gasteiger partial charge in [-0.3, -0.25) is 0 Å². The van der Waals surface area contributed by atoms with Gasteiger partial charge in [-0.15, -0.1) is 0 Å². The average Bonchev–Trinajstić information content (AvgIpc) is 2.45. The van der Waals surface area contributed by atoms with Crippen molar-refractivity contribution in [2.45, 2.75) is 77.8 Å². The van der Waals surface area contributed by atoms with E-state index in [1.807, 2.05) is 55.4 Å². The van der Waals surface area contributed by atoms with Crippen LogP contribution in [0.2, 0.25) is 0 Å². The lowest BCUT2D eigenvalue weighted by Gasteiger charge is -2.32. The largest absolute Gasteiger partial charge is 0.488 e. The highest BCUT2D eigenvalue weighted by molar-refractivity contribution is 7.11. The van der Waals surface area contributed by atoms with Crippen molar-refractivity contribution < 1.29 is 18.6 Å². The number of hydrogen-bond donors (Lipinski definition) is 1. The van der Waals surface area contributed by atoms with Crippen LogP contribution in [0.15, 0.2) is 0 Å². The van der Waals surface area contributed by atoms with Crippen LogP contribution in [-0.2, 0) is 18.6 Å². The lowest BCUT2D eigenvalue weighted by atomic mass is 9.49. The van der Waals surface area contributed by atoms with E-state index in [0.29, 0.717) is 0 Å². The predicted molar refractivity (Wildman–Crippen MR) is 77.2 cm³/mol. The van der Waals surface area contributed by atoms with E-state index in [0.717, 1.165) is 0 Å². The third-order valence-electron chi connectivity index (χ3n) is 4.77. The lowest BCUT2D eigenvalue weighted by molar-refractivity contribution is 0.00578. The molecular weight excluding hydrogens is 244 g/mol. The summed E-state index contributed by atoms with van der Waals surface area (Å²) in [4.78, 5) is 0. The van der Waals surface area contributed by atoms with Gasteiger partial charge in [0.25, 0.3) is 0 Å². The molecule has 2 heterocycles. The molecule has 2 rings (SSSR count). The Morgan fingerprint density at radius 1 is 0.474 bits per heavy atom. The molecule has 2 fully saturated rings. The predicted octanol–water partition coefficient (Wildman–Crippen LogP) is 2.41. The smallest absolute Gasteiger partial charge is 0.405 e. The molecule has 0 radical (unpaired) electrons. The molecule has 3 N–H and O–H groups in total. The van der Waals surface area contributed by atoms with E-state index >= 15 is 0 Å². The summed E-state index contributed by atoms with van der Waals surface area (Å²) in [6.45, 7) is 16.2. The fourth-order valence-electron chi connectivity index (χ4n) is 2.00. The van der Waals surface area contributed by atoms with Crippen LogP contribution in [0.3, 0.4) is 0 Å². The Hall–Kier alpha value is -0.0701. The molecule has 0 aromatic carbocycles. The molecule has 2 aliphatic rings. The third-order valence-corrected chi connectivity index (χ3v) is 4.77. The van der Waals surface area contributed by atoms with E-state index in [-0.39, 0.29) is 28.6 Å². The molecular formula is C12H27B2NO4. The maximum atomic E-state index is 5.96. The molecule has 19 heavy (non-hydrogen) atoms. The minimum Gasteiger partial charge on any atom is -0.405 e. The van der Waals surface area contributed by atoms with Crippen LogP contribution in [0.25, 0.3) is 0 Å². The van der Waals surface area contributed by atoms with Crippen molar-refractivity contribution in [2.75, 3.05) is 0 Å². The van der Waals surface area contributed by atoms with Crippen LogP contribution in [0.1, 0.15) is 55.4 Å². The minimum absolute atomic E-state index is 0. The fraction of sp³-hybridized carbons (Fsp3) is 1.00. The van der Waals surface area contributed by atoms with Gasteiger partial charge in [-0.2, -0.15) is 0 Å². The molecule has 0 amide bonds. The van der Waals surface area contributed by atoms with Gasteiger partial charge >= 0.3 is 14.0 Å². The van der Waals surface area contributed by atoms with Crippen molar-refractivity contribution in [1.82, 2.24) is 6.15 Å². The van der Waals surface area contributed by atoms with E-state index in [4.69, 9.17) is 18.6 Å². The first-order valence-corrected chi connectivity index (χ1v) is 6.59. The highest BCUT2D eigenvalue weighted by Gasteiger charge is 2.63. The zero-order chi connectivity index (χ0) is 14.0. The highest BCUT2D eigenvalue weighted by Crippen LogP contribution is 2.42. The molecule has 110 valence electrons. The van der Waals surface area contributed by atoms with Gasteiger partial charge in [0.2, 0.25) is 0 Å². The van der Waals surface area contributed by atoms with E-state index in [9.17, 15) is 0 Å². The first kappa shape index (κ1) is 17.0. The van der Waals surface area contributed by atoms with E-state index in [2.05, 4.69) is 0 Å². The van der Waals surface area contributed by atoms with Crippen molar-refractivity contribution >= 4 is 14.0 Å². The van der Waals surface area contributed by atoms with Gasteiger partial charge in [-0.05, 0) is 55.4 Å². The summed E-state index contributed by atoms with van der Waals surface area (Å²) in [5, 5.41) is 0. The van der Waals surface area contributed by atoms with Crippen molar-refractivity contribution in [2.24, 2.45) is 0 Å². The van der Waals surface area contributed by atoms with E-state index in [1.54, 1.807) is 0 Å². The van der Waals surface area contributed by atoms with Gasteiger partial charge in [-0.25, -0.2) is 0 Å². The maximum Gasteiger partial charge on any atom is 0.488 e. The molecule has 0 aromatic heterocycles. The normalized spacial score (nSPS) is 30.3. The quantitative estimate of drug-likeness (QED) is 0.741. The van der Waals surface area contributed by atoms with Crippen LogP contribution in [0, 0.1) is 0 Å². The maximum absolute atomic E-state index is 5.96. The first-order chi connectivity index (χ1) is 7.88. The molecule has 2 aliphatic heterocycles. The molecule has 0 spiro atoms. The molecule has 0 unspecified atom stereocenters. The van der Waals surface area contributed by atoms with E-state index < -0.39 is 14.0 Å². The van der Waals surface area contributed by atoms with Crippen LogP contribution in [0.5, 0.6) is 0 Å². The van der Waals surface area contributed by atoms with Crippen LogP contribution in [-0.4, -0.2) is 36.4 Å². The third kappa shape index (κ3) is 2.59. The Bertz CT molecular complexity index is 292. The van der Waals surface area contributed by atoms with Gasteiger partial charge < -0.3 is 24.8 Å². The van der Waals surface area contributed by atoms with Gasteiger partial charge in [0.1, 0.15) is 0 Å². The molecule has 0 aromatic rings. The summed E-state index contributed by atoms with van der Waals surface area (Å²) < 4.78 is 23.8. The van der Waals surface area contributed by atoms with Crippen LogP contribution >= 0.6 is 0 Å². The highest BCUT2D eigenvalue weighted by atomic mass is 16.7. The van der Waals surface area contributed by atoms with Crippen molar-refractivity contribution in [3.05, 3.63) is 0 Å². The minimum atomic E-state index is -0.476. The Morgan fingerprint density at radius 2 is 0.632 bits per heavy atom. The molecule has 2 saturated heterocycles. The van der Waals surface area contributed by atoms with Gasteiger partial charge in [-0.1, -0.05) is 0 Å². The SMILES string of the molecule is CC1(C)OB(B2OC(C)(C)C(C)(C)O2)OC1(C)C.N. The van der Waals surface area contributed by atoms with E-state index in [1.165, 1.54) is 0 Å². The molecule has 0 saturated carbocycles. The topological polar surface area (TPSA) is 71.9 Å². The Kier molecular flexibility index (Phi) is 3.99. The summed E-state index contributed by atoms with van der Waals surface area (Å²) >= 11 is 0. The number of hydrogen-bond acceptors (Lipinski definition) is 5. The Labute approximate surface area is 117 Å². The second-order valence-electron chi connectivity index (χ2n) is 7.25. The molecule has 5 nitrogen and oxygen atoms in total. The Balaban J connectivity index is 0.00000180. The second-order valence-corrected chi connectivity index (χ2v) is 7.25. The van der Waals surface area contributed by atoms with Crippen LogP contribution in [0.4, 0.5) is 0 Å². The molecule has 0 bridgehead atoms. The first-order valence-electron chi connectivity index (χ1n) is 6.59. The fourth-order valence-corrected chi connectivity index (χ4v) is 2.00. The summed E-state index contributed by atoms with van der Waals surface area (Å²) in [6.07, 6.45) is 0. The van der Waals surface area contributed by atoms with Crippen molar-refractivity contribution in [1.29, 1.82) is 0 Å². The van der Waals surface area contributed by atoms with Crippen LogP contribution < -0.4 is 6.15 Å². The zero-order valence-electron chi connectivity index (χ0n) is 13.5. The average molecular weight is 271 g/mol. The lowest BCUT2D eigenvalue weighted by Crippen LogP contribution is -2.41. The van der Waals surface area contributed by atoms with Gasteiger partial charge in [0.05, 0.1) is 22.4 Å². The summed E-state index contributed by atoms with van der Waals surface area (Å²) in [6, 6.07) is 0. The second kappa shape index (κ2) is 4.46. The Morgan fingerprint density at radius 3 is 0.789 bits per heavy atom. The van der Waals surface area contributed by atoms with Crippen molar-refractivity contribution in [3.8, 4) is 0 Å². The zero-order valence-corrected chi connectivity index (χ0v) is 13.5. The monoisotopic (exact) mass is 271 g/mol. The van der Waals surface area contributed by atoms with Gasteiger partial charge in [0, 0.05) is 0 Å². The van der Waals surface area contributed by atoms with Crippen molar-refractivity contribution in [3.63, 3.8) is 0 Å². The summed E-state index contributed by atoms with van der Waals surface area (Å²) in [5.74, 6) is 0. The molecule has 7 heteroatoms. The number of rotatable bonds is 1. The molecule has 0 atom stereocenters. The summed E-state index contributed by atoms with van der Waals surface area (Å²) in [7, 11) is -0.952. The molecule has 0 aliphatic carbocycles. The summed E-state index contributed by atoms with van der Waals surface area (Å²) in [5.41, 5.74) is -1.44. The van der Waals surface area contributed by atoms with Gasteiger partial charge in [0.15, 0.2) is 0 Å². The standard InChI is InChI=1S/C12H24B2O4.H3N/c1-9(2)10(3,4)16-13(15-9)14-17-11(5,6)12(7,8)18-14;/h1-8H3;1H3.